The van der Waals surface area contributed by atoms with Crippen LogP contribution in [0.4, 0.5) is 0 Å². The fraction of sp³-hybridized carbons (Fsp3) is 0. The summed E-state index contributed by atoms with van der Waals surface area (Å²) in [4.78, 5) is 17.3. The second-order valence-corrected chi connectivity index (χ2v) is 6.88. The van der Waals surface area contributed by atoms with Crippen LogP contribution in [0.2, 0.25) is 0 Å². The lowest BCUT2D eigenvalue weighted by Gasteiger charge is -2.04. The lowest BCUT2D eigenvalue weighted by Crippen LogP contribution is -1.84. The summed E-state index contributed by atoms with van der Waals surface area (Å²) in [5.41, 5.74) is 4.41. The maximum atomic E-state index is 6.04. The summed E-state index contributed by atoms with van der Waals surface area (Å²) < 4.78 is 17.7. The third kappa shape index (κ3) is 3.28. The normalized spacial score (nSPS) is 11.2. The summed E-state index contributed by atoms with van der Waals surface area (Å²) in [7, 11) is 0. The molecule has 6 rings (SSSR count). The Morgan fingerprint density at radius 1 is 0.613 bits per heavy atom. The van der Waals surface area contributed by atoms with E-state index in [1.165, 1.54) is 0 Å². The van der Waals surface area contributed by atoms with Gasteiger partial charge < -0.3 is 13.6 Å². The molecule has 0 bridgehead atoms. The van der Waals surface area contributed by atoms with Crippen molar-refractivity contribution in [3.05, 3.63) is 85.5 Å². The van der Waals surface area contributed by atoms with Crippen molar-refractivity contribution in [2.75, 3.05) is 0 Å². The maximum Gasteiger partial charge on any atom is 0.228 e. The standard InChI is InChI=1S/C24H14N4O3/c1-3-15(13-25-9-1)23-27-19-11-17(5-7-21(19)30-23)29-18-6-8-22-20(12-18)28-24(31-22)16-4-2-10-26-14-16/h1-14H. The molecule has 4 heterocycles. The van der Waals surface area contributed by atoms with Gasteiger partial charge in [-0.1, -0.05) is 0 Å². The molecule has 0 N–H and O–H groups in total. The quantitative estimate of drug-likeness (QED) is 0.361. The van der Waals surface area contributed by atoms with Crippen LogP contribution in [0.15, 0.2) is 94.3 Å². The Labute approximate surface area is 176 Å². The summed E-state index contributed by atoms with van der Waals surface area (Å²) in [6.45, 7) is 0. The van der Waals surface area contributed by atoms with Gasteiger partial charge in [-0.05, 0) is 48.5 Å². The van der Waals surface area contributed by atoms with E-state index in [0.717, 1.165) is 11.1 Å². The number of aromatic nitrogens is 4. The van der Waals surface area contributed by atoms with Gasteiger partial charge in [0.15, 0.2) is 11.2 Å². The van der Waals surface area contributed by atoms with Gasteiger partial charge in [0.25, 0.3) is 0 Å². The number of hydrogen-bond acceptors (Lipinski definition) is 7. The SMILES string of the molecule is c1cncc(-c2nc3cc(Oc4ccc5oc(-c6cccnc6)nc5c4)ccc3o2)c1. The fourth-order valence-electron chi connectivity index (χ4n) is 3.30. The van der Waals surface area contributed by atoms with Gasteiger partial charge in [-0.25, -0.2) is 9.97 Å². The minimum Gasteiger partial charge on any atom is -0.457 e. The van der Waals surface area contributed by atoms with Gasteiger partial charge in [-0.15, -0.1) is 0 Å². The smallest absolute Gasteiger partial charge is 0.228 e. The van der Waals surface area contributed by atoms with Crippen LogP contribution < -0.4 is 4.74 Å². The van der Waals surface area contributed by atoms with Crippen molar-refractivity contribution in [3.63, 3.8) is 0 Å². The number of rotatable bonds is 4. The van der Waals surface area contributed by atoms with Crippen molar-refractivity contribution in [3.8, 4) is 34.4 Å². The highest BCUT2D eigenvalue weighted by molar-refractivity contribution is 5.79. The Balaban J connectivity index is 1.30. The van der Waals surface area contributed by atoms with E-state index in [1.54, 1.807) is 24.8 Å². The molecule has 0 amide bonds. The molecule has 0 aliphatic heterocycles. The van der Waals surface area contributed by atoms with Crippen molar-refractivity contribution < 1.29 is 13.6 Å². The van der Waals surface area contributed by atoms with E-state index in [0.29, 0.717) is 45.5 Å². The van der Waals surface area contributed by atoms with E-state index < -0.39 is 0 Å². The molecule has 2 aromatic carbocycles. The third-order valence-corrected chi connectivity index (χ3v) is 4.77. The van der Waals surface area contributed by atoms with Crippen molar-refractivity contribution in [1.82, 2.24) is 19.9 Å². The predicted molar refractivity (Wildman–Crippen MR) is 115 cm³/mol. The molecule has 0 saturated heterocycles. The van der Waals surface area contributed by atoms with Crippen LogP contribution >= 0.6 is 0 Å². The molecule has 0 atom stereocenters. The third-order valence-electron chi connectivity index (χ3n) is 4.77. The van der Waals surface area contributed by atoms with E-state index in [1.807, 2.05) is 60.7 Å². The molecular formula is C24H14N4O3. The number of fused-ring (bicyclic) bond motifs is 2. The Bertz CT molecular complexity index is 1390. The van der Waals surface area contributed by atoms with Gasteiger partial charge in [-0.3, -0.25) is 9.97 Å². The molecule has 148 valence electrons. The Kier molecular flexibility index (Phi) is 3.96. The van der Waals surface area contributed by atoms with Crippen molar-refractivity contribution in [2.24, 2.45) is 0 Å². The summed E-state index contributed by atoms with van der Waals surface area (Å²) >= 11 is 0. The maximum absolute atomic E-state index is 6.04. The summed E-state index contributed by atoms with van der Waals surface area (Å²) in [6.07, 6.45) is 6.86. The number of oxazole rings is 2. The second kappa shape index (κ2) is 7.07. The highest BCUT2D eigenvalue weighted by Crippen LogP contribution is 2.31. The fourth-order valence-corrected chi connectivity index (χ4v) is 3.30. The number of nitrogens with zero attached hydrogens (tertiary/aromatic N) is 4. The highest BCUT2D eigenvalue weighted by atomic mass is 16.5. The van der Waals surface area contributed by atoms with Gasteiger partial charge in [-0.2, -0.15) is 0 Å². The van der Waals surface area contributed by atoms with Gasteiger partial charge in [0.05, 0.1) is 11.1 Å². The largest absolute Gasteiger partial charge is 0.457 e. The van der Waals surface area contributed by atoms with Gasteiger partial charge in [0.1, 0.15) is 22.5 Å². The molecule has 0 aliphatic carbocycles. The molecule has 0 fully saturated rings. The van der Waals surface area contributed by atoms with E-state index in [9.17, 15) is 0 Å². The van der Waals surface area contributed by atoms with E-state index in [4.69, 9.17) is 13.6 Å². The Morgan fingerprint density at radius 3 is 1.58 bits per heavy atom. The Morgan fingerprint density at radius 2 is 1.13 bits per heavy atom. The molecule has 7 nitrogen and oxygen atoms in total. The van der Waals surface area contributed by atoms with E-state index in [2.05, 4.69) is 19.9 Å². The molecule has 4 aromatic heterocycles. The molecule has 0 saturated carbocycles. The lowest BCUT2D eigenvalue weighted by atomic mass is 10.3. The van der Waals surface area contributed by atoms with Crippen LogP contribution in [0.1, 0.15) is 0 Å². The first-order valence-electron chi connectivity index (χ1n) is 9.62. The topological polar surface area (TPSA) is 87.1 Å². The van der Waals surface area contributed by atoms with Gasteiger partial charge in [0.2, 0.25) is 11.8 Å². The van der Waals surface area contributed by atoms with Crippen LogP contribution in [0.5, 0.6) is 11.5 Å². The second-order valence-electron chi connectivity index (χ2n) is 6.88. The molecule has 6 aromatic rings. The molecule has 31 heavy (non-hydrogen) atoms. The van der Waals surface area contributed by atoms with Crippen LogP contribution in [-0.4, -0.2) is 19.9 Å². The van der Waals surface area contributed by atoms with Crippen molar-refractivity contribution in [2.45, 2.75) is 0 Å². The zero-order chi connectivity index (χ0) is 20.6. The molecular weight excluding hydrogens is 392 g/mol. The molecule has 0 unspecified atom stereocenters. The van der Waals surface area contributed by atoms with Crippen molar-refractivity contribution >= 4 is 22.2 Å². The molecule has 0 radical (unpaired) electrons. The van der Waals surface area contributed by atoms with Crippen LogP contribution in [-0.2, 0) is 0 Å². The van der Waals surface area contributed by atoms with E-state index in [-0.39, 0.29) is 0 Å². The van der Waals surface area contributed by atoms with Crippen LogP contribution in [0.25, 0.3) is 45.1 Å². The number of ether oxygens (including phenoxy) is 1. The van der Waals surface area contributed by atoms with Gasteiger partial charge in [0, 0.05) is 36.9 Å². The first kappa shape index (κ1) is 17.3. The average Bonchev–Trinajstić information content (AvgIpc) is 3.44. The summed E-state index contributed by atoms with van der Waals surface area (Å²) in [5.74, 6) is 2.34. The Hall–Kier alpha value is -4.52. The minimum atomic E-state index is 0.521. The number of benzene rings is 2. The predicted octanol–water partition coefficient (Wildman–Crippen LogP) is 5.89. The number of hydrogen-bond donors (Lipinski definition) is 0. The zero-order valence-electron chi connectivity index (χ0n) is 16.1. The molecule has 0 spiro atoms. The summed E-state index contributed by atoms with van der Waals surface area (Å²) in [5, 5.41) is 0. The number of pyridine rings is 2. The average molecular weight is 406 g/mol. The first-order valence-corrected chi connectivity index (χ1v) is 9.62. The van der Waals surface area contributed by atoms with E-state index >= 15 is 0 Å². The first-order chi connectivity index (χ1) is 15.3. The molecule has 0 aliphatic rings. The lowest BCUT2D eigenvalue weighted by molar-refractivity contribution is 0.483. The van der Waals surface area contributed by atoms with Crippen LogP contribution in [0, 0.1) is 0 Å². The zero-order valence-corrected chi connectivity index (χ0v) is 16.1. The highest BCUT2D eigenvalue weighted by Gasteiger charge is 2.12. The monoisotopic (exact) mass is 406 g/mol. The minimum absolute atomic E-state index is 0.521. The summed E-state index contributed by atoms with van der Waals surface area (Å²) in [6, 6.07) is 18.5. The van der Waals surface area contributed by atoms with Crippen molar-refractivity contribution in [1.29, 1.82) is 0 Å². The van der Waals surface area contributed by atoms with Crippen LogP contribution in [0.3, 0.4) is 0 Å². The molecule has 7 heteroatoms. The van der Waals surface area contributed by atoms with Gasteiger partial charge >= 0.3 is 0 Å².